The molecule has 7 heteroatoms. The van der Waals surface area contributed by atoms with E-state index in [1.54, 1.807) is 33.1 Å². The number of sulfonamides is 1. The summed E-state index contributed by atoms with van der Waals surface area (Å²) in [6.45, 7) is 5.79. The Morgan fingerprint density at radius 1 is 1.04 bits per heavy atom. The molecule has 0 radical (unpaired) electrons. The van der Waals surface area contributed by atoms with Gasteiger partial charge >= 0.3 is 0 Å². The Hall–Kier alpha value is -2.38. The number of hydrogen-bond donors (Lipinski definition) is 2. The smallest absolute Gasteiger partial charge is 0.241 e. The topological polar surface area (TPSA) is 84.5 Å². The number of ether oxygens (including phenoxy) is 1. The van der Waals surface area contributed by atoms with Crippen LogP contribution in [0.15, 0.2) is 53.4 Å². The van der Waals surface area contributed by atoms with E-state index in [9.17, 15) is 13.2 Å². The molecule has 0 saturated carbocycles. The van der Waals surface area contributed by atoms with Gasteiger partial charge in [-0.2, -0.15) is 4.72 Å². The van der Waals surface area contributed by atoms with E-state index in [4.69, 9.17) is 4.74 Å². The Labute approximate surface area is 161 Å². The molecule has 27 heavy (non-hydrogen) atoms. The number of methoxy groups -OCH3 is 1. The first-order chi connectivity index (χ1) is 12.7. The van der Waals surface area contributed by atoms with Crippen LogP contribution in [-0.4, -0.2) is 27.5 Å². The summed E-state index contributed by atoms with van der Waals surface area (Å²) in [6.07, 6.45) is 0. The molecule has 2 rings (SSSR count). The maximum atomic E-state index is 12.6. The molecule has 0 aliphatic heterocycles. The van der Waals surface area contributed by atoms with Gasteiger partial charge in [0.1, 0.15) is 11.8 Å². The van der Waals surface area contributed by atoms with Gasteiger partial charge in [-0.25, -0.2) is 8.42 Å². The number of nitrogens with one attached hydrogen (secondary N) is 2. The van der Waals surface area contributed by atoms with Crippen LogP contribution in [0, 0.1) is 12.8 Å². The average molecular weight is 391 g/mol. The van der Waals surface area contributed by atoms with Crippen LogP contribution in [0.3, 0.4) is 0 Å². The van der Waals surface area contributed by atoms with Gasteiger partial charge in [0.25, 0.3) is 0 Å². The maximum Gasteiger partial charge on any atom is 0.241 e. The van der Waals surface area contributed by atoms with Gasteiger partial charge in [-0.05, 0) is 42.7 Å². The first-order valence-electron chi connectivity index (χ1n) is 8.72. The number of carbonyl (C=O) groups excluding carboxylic acids is 1. The molecule has 2 aromatic carbocycles. The number of benzene rings is 2. The molecule has 1 atom stereocenters. The predicted molar refractivity (Wildman–Crippen MR) is 105 cm³/mol. The second kappa shape index (κ2) is 9.01. The summed E-state index contributed by atoms with van der Waals surface area (Å²) in [5.74, 6) is 0.161. The highest BCUT2D eigenvalue weighted by Gasteiger charge is 2.28. The van der Waals surface area contributed by atoms with Crippen molar-refractivity contribution in [1.29, 1.82) is 0 Å². The number of hydrogen-bond acceptors (Lipinski definition) is 4. The lowest BCUT2D eigenvalue weighted by Crippen LogP contribution is -2.49. The highest BCUT2D eigenvalue weighted by atomic mass is 32.2. The third-order valence-electron chi connectivity index (χ3n) is 4.19. The monoisotopic (exact) mass is 390 g/mol. The molecular weight excluding hydrogens is 364 g/mol. The molecule has 0 aromatic heterocycles. The molecule has 0 aliphatic carbocycles. The summed E-state index contributed by atoms with van der Waals surface area (Å²) >= 11 is 0. The van der Waals surface area contributed by atoms with Gasteiger partial charge in [0, 0.05) is 6.54 Å². The third kappa shape index (κ3) is 5.80. The van der Waals surface area contributed by atoms with Gasteiger partial charge in [-0.15, -0.1) is 0 Å². The van der Waals surface area contributed by atoms with Crippen LogP contribution in [0.5, 0.6) is 5.75 Å². The summed E-state index contributed by atoms with van der Waals surface area (Å²) in [5, 5.41) is 2.79. The zero-order valence-corrected chi connectivity index (χ0v) is 16.8. The Kier molecular flexibility index (Phi) is 6.98. The van der Waals surface area contributed by atoms with E-state index in [1.807, 2.05) is 31.2 Å². The minimum Gasteiger partial charge on any atom is -0.497 e. The van der Waals surface area contributed by atoms with E-state index in [1.165, 1.54) is 12.1 Å². The van der Waals surface area contributed by atoms with Crippen LogP contribution in [0.2, 0.25) is 0 Å². The summed E-state index contributed by atoms with van der Waals surface area (Å²) in [4.78, 5) is 12.7. The minimum absolute atomic E-state index is 0.140. The molecule has 0 bridgehead atoms. The lowest BCUT2D eigenvalue weighted by atomic mass is 10.0. The molecule has 0 saturated heterocycles. The van der Waals surface area contributed by atoms with Crippen LogP contribution < -0.4 is 14.8 Å². The van der Waals surface area contributed by atoms with Gasteiger partial charge in [-0.1, -0.05) is 43.7 Å². The summed E-state index contributed by atoms with van der Waals surface area (Å²) in [6, 6.07) is 13.0. The maximum absolute atomic E-state index is 12.6. The molecule has 2 aromatic rings. The number of amides is 1. The molecule has 0 unspecified atom stereocenters. The van der Waals surface area contributed by atoms with Crippen molar-refractivity contribution in [2.45, 2.75) is 38.3 Å². The van der Waals surface area contributed by atoms with Crippen molar-refractivity contribution >= 4 is 15.9 Å². The zero-order chi connectivity index (χ0) is 20.0. The molecular formula is C20H26N2O4S. The van der Waals surface area contributed by atoms with E-state index < -0.39 is 16.1 Å². The summed E-state index contributed by atoms with van der Waals surface area (Å²) in [7, 11) is -2.20. The van der Waals surface area contributed by atoms with Crippen molar-refractivity contribution < 1.29 is 17.9 Å². The normalized spacial score (nSPS) is 12.6. The lowest BCUT2D eigenvalue weighted by molar-refractivity contribution is -0.123. The first-order valence-corrected chi connectivity index (χ1v) is 10.2. The van der Waals surface area contributed by atoms with Crippen LogP contribution in [0.1, 0.15) is 25.0 Å². The molecule has 0 spiro atoms. The van der Waals surface area contributed by atoms with Gasteiger partial charge in [0.15, 0.2) is 0 Å². The SMILES string of the molecule is COc1ccc(CNC(=O)[C@@H](NS(=O)(=O)c2ccc(C)cc2)C(C)C)cc1. The molecule has 0 aliphatic rings. The highest BCUT2D eigenvalue weighted by Crippen LogP contribution is 2.14. The first kappa shape index (κ1) is 20.9. The van der Waals surface area contributed by atoms with Crippen molar-refractivity contribution in [3.63, 3.8) is 0 Å². The van der Waals surface area contributed by atoms with Gasteiger partial charge in [0.2, 0.25) is 15.9 Å². The van der Waals surface area contributed by atoms with Crippen LogP contribution >= 0.6 is 0 Å². The fourth-order valence-corrected chi connectivity index (χ4v) is 3.83. The summed E-state index contributed by atoms with van der Waals surface area (Å²) in [5.41, 5.74) is 1.86. The minimum atomic E-state index is -3.79. The Morgan fingerprint density at radius 2 is 1.63 bits per heavy atom. The van der Waals surface area contributed by atoms with Gasteiger partial charge in [-0.3, -0.25) is 4.79 Å². The fraction of sp³-hybridized carbons (Fsp3) is 0.350. The summed E-state index contributed by atoms with van der Waals surface area (Å²) < 4.78 is 32.8. The van der Waals surface area contributed by atoms with E-state index in [0.29, 0.717) is 6.54 Å². The van der Waals surface area contributed by atoms with Crippen LogP contribution in [0.25, 0.3) is 0 Å². The van der Waals surface area contributed by atoms with Gasteiger partial charge < -0.3 is 10.1 Å². The van der Waals surface area contributed by atoms with Crippen molar-refractivity contribution in [1.82, 2.24) is 10.0 Å². The second-order valence-corrected chi connectivity index (χ2v) is 8.44. The number of rotatable bonds is 8. The lowest BCUT2D eigenvalue weighted by Gasteiger charge is -2.21. The Balaban J connectivity index is 2.06. The average Bonchev–Trinajstić information content (AvgIpc) is 2.64. The molecule has 146 valence electrons. The largest absolute Gasteiger partial charge is 0.497 e. The highest BCUT2D eigenvalue weighted by molar-refractivity contribution is 7.89. The molecule has 2 N–H and O–H groups in total. The van der Waals surface area contributed by atoms with Crippen molar-refractivity contribution in [3.8, 4) is 5.75 Å². The van der Waals surface area contributed by atoms with E-state index in [0.717, 1.165) is 16.9 Å². The molecule has 6 nitrogen and oxygen atoms in total. The van der Waals surface area contributed by atoms with E-state index in [-0.39, 0.29) is 16.7 Å². The third-order valence-corrected chi connectivity index (χ3v) is 5.65. The second-order valence-electron chi connectivity index (χ2n) is 6.72. The zero-order valence-electron chi connectivity index (χ0n) is 16.0. The van der Waals surface area contributed by atoms with Crippen molar-refractivity contribution in [2.75, 3.05) is 7.11 Å². The van der Waals surface area contributed by atoms with E-state index >= 15 is 0 Å². The van der Waals surface area contributed by atoms with Crippen molar-refractivity contribution in [2.24, 2.45) is 5.92 Å². The number of carbonyl (C=O) groups is 1. The Bertz CT molecular complexity index is 860. The molecule has 1 amide bonds. The molecule has 0 heterocycles. The Morgan fingerprint density at radius 3 is 2.15 bits per heavy atom. The predicted octanol–water partition coefficient (Wildman–Crippen LogP) is 2.62. The van der Waals surface area contributed by atoms with Crippen molar-refractivity contribution in [3.05, 3.63) is 59.7 Å². The van der Waals surface area contributed by atoms with Gasteiger partial charge in [0.05, 0.1) is 12.0 Å². The standard InChI is InChI=1S/C20H26N2O4S/c1-14(2)19(22-27(24,25)18-11-5-15(3)6-12-18)20(23)21-13-16-7-9-17(26-4)10-8-16/h5-12,14,19,22H,13H2,1-4H3,(H,21,23)/t19-/m0/s1. The quantitative estimate of drug-likeness (QED) is 0.726. The number of aryl methyl sites for hydroxylation is 1. The fourth-order valence-electron chi connectivity index (χ4n) is 2.49. The van der Waals surface area contributed by atoms with Crippen LogP contribution in [-0.2, 0) is 21.4 Å². The van der Waals surface area contributed by atoms with Crippen LogP contribution in [0.4, 0.5) is 0 Å². The van der Waals surface area contributed by atoms with E-state index in [2.05, 4.69) is 10.0 Å². The molecule has 0 fully saturated rings.